The van der Waals surface area contributed by atoms with E-state index >= 15 is 0 Å². The van der Waals surface area contributed by atoms with Gasteiger partial charge in [-0.05, 0) is 24.3 Å². The minimum atomic E-state index is 0. The number of piperazine rings is 1. The fourth-order valence-electron chi connectivity index (χ4n) is 2.76. The zero-order valence-electron chi connectivity index (χ0n) is 13.1. The number of pyridine rings is 1. The van der Waals surface area contributed by atoms with Crippen molar-refractivity contribution in [2.24, 2.45) is 0 Å². The highest BCUT2D eigenvalue weighted by atomic mass is 35.5. The zero-order valence-corrected chi connectivity index (χ0v) is 13.9. The first-order valence-corrected chi connectivity index (χ1v) is 7.79. The number of carbonyl (C=O) groups excluding carboxylic acids is 1. The molecule has 0 aliphatic carbocycles. The van der Waals surface area contributed by atoms with Crippen LogP contribution in [0.25, 0.3) is 0 Å². The highest BCUT2D eigenvalue weighted by molar-refractivity contribution is 5.94. The maximum Gasteiger partial charge on any atom is 0.253 e. The average molecular weight is 332 g/mol. The lowest BCUT2D eigenvalue weighted by molar-refractivity contribution is 0.0638. The number of halogens is 1. The Bertz CT molecular complexity index is 598. The molecular formula is C18H22ClN3O. The molecule has 0 saturated carbocycles. The fraction of sp³-hybridized carbons (Fsp3) is 0.333. The highest BCUT2D eigenvalue weighted by Gasteiger charge is 2.21. The summed E-state index contributed by atoms with van der Waals surface area (Å²) in [6.45, 7) is 4.48. The number of carbonyl (C=O) groups is 1. The van der Waals surface area contributed by atoms with Gasteiger partial charge in [0, 0.05) is 56.6 Å². The first-order chi connectivity index (χ1) is 10.8. The first kappa shape index (κ1) is 17.4. The normalized spacial score (nSPS) is 15.0. The Morgan fingerprint density at radius 1 is 0.957 bits per heavy atom. The number of benzene rings is 1. The molecule has 5 heteroatoms. The number of amides is 1. The molecule has 0 bridgehead atoms. The van der Waals surface area contributed by atoms with Crippen molar-refractivity contribution < 1.29 is 4.79 Å². The van der Waals surface area contributed by atoms with E-state index in [9.17, 15) is 4.79 Å². The largest absolute Gasteiger partial charge is 0.336 e. The fourth-order valence-corrected chi connectivity index (χ4v) is 2.76. The number of hydrogen-bond donors (Lipinski definition) is 0. The lowest BCUT2D eigenvalue weighted by Gasteiger charge is -2.34. The SMILES string of the molecule is Cl.O=C(c1ccccc1)N1CCN(CCc2ccccn2)CC1. The van der Waals surface area contributed by atoms with Gasteiger partial charge in [-0.15, -0.1) is 12.4 Å². The van der Waals surface area contributed by atoms with Crippen LogP contribution in [-0.2, 0) is 6.42 Å². The Morgan fingerprint density at radius 3 is 2.30 bits per heavy atom. The molecule has 0 unspecified atom stereocenters. The zero-order chi connectivity index (χ0) is 15.2. The molecule has 1 saturated heterocycles. The van der Waals surface area contributed by atoms with Crippen LogP contribution >= 0.6 is 12.4 Å². The Balaban J connectivity index is 0.00000192. The molecule has 2 heterocycles. The van der Waals surface area contributed by atoms with E-state index < -0.39 is 0 Å². The van der Waals surface area contributed by atoms with Crippen LogP contribution in [0.4, 0.5) is 0 Å². The summed E-state index contributed by atoms with van der Waals surface area (Å²) in [6, 6.07) is 15.6. The van der Waals surface area contributed by atoms with E-state index in [1.54, 1.807) is 0 Å². The van der Waals surface area contributed by atoms with E-state index in [-0.39, 0.29) is 18.3 Å². The molecule has 1 fully saturated rings. The molecule has 122 valence electrons. The molecule has 1 aliphatic heterocycles. The van der Waals surface area contributed by atoms with Crippen LogP contribution in [-0.4, -0.2) is 53.4 Å². The van der Waals surface area contributed by atoms with Crippen molar-refractivity contribution in [2.75, 3.05) is 32.7 Å². The van der Waals surface area contributed by atoms with Crippen molar-refractivity contribution in [1.82, 2.24) is 14.8 Å². The second kappa shape index (κ2) is 8.65. The van der Waals surface area contributed by atoms with E-state index in [1.165, 1.54) is 0 Å². The molecule has 1 aromatic carbocycles. The summed E-state index contributed by atoms with van der Waals surface area (Å²) in [5.41, 5.74) is 1.91. The third-order valence-electron chi connectivity index (χ3n) is 4.09. The van der Waals surface area contributed by atoms with E-state index in [1.807, 2.05) is 53.6 Å². The molecule has 1 aromatic heterocycles. The van der Waals surface area contributed by atoms with Gasteiger partial charge < -0.3 is 4.90 Å². The van der Waals surface area contributed by atoms with E-state index in [2.05, 4.69) is 16.0 Å². The summed E-state index contributed by atoms with van der Waals surface area (Å²) in [5.74, 6) is 0.143. The number of rotatable bonds is 4. The molecule has 0 atom stereocenters. The van der Waals surface area contributed by atoms with Crippen molar-refractivity contribution in [1.29, 1.82) is 0 Å². The van der Waals surface area contributed by atoms with Crippen LogP contribution in [0.5, 0.6) is 0 Å². The number of aromatic nitrogens is 1. The average Bonchev–Trinajstić information content (AvgIpc) is 2.61. The Morgan fingerprint density at radius 2 is 1.65 bits per heavy atom. The van der Waals surface area contributed by atoms with Crippen LogP contribution in [0, 0.1) is 0 Å². The predicted molar refractivity (Wildman–Crippen MR) is 94.0 cm³/mol. The summed E-state index contributed by atoms with van der Waals surface area (Å²) < 4.78 is 0. The number of nitrogens with zero attached hydrogens (tertiary/aromatic N) is 3. The van der Waals surface area contributed by atoms with Gasteiger partial charge in [-0.3, -0.25) is 14.7 Å². The van der Waals surface area contributed by atoms with Crippen molar-refractivity contribution in [2.45, 2.75) is 6.42 Å². The van der Waals surface area contributed by atoms with Crippen LogP contribution in [0.1, 0.15) is 16.1 Å². The second-order valence-electron chi connectivity index (χ2n) is 5.57. The molecule has 2 aromatic rings. The standard InChI is InChI=1S/C18H21N3O.ClH/c22-18(16-6-2-1-3-7-16)21-14-12-20(13-15-21)11-9-17-8-4-5-10-19-17;/h1-8,10H,9,11-15H2;1H. The van der Waals surface area contributed by atoms with E-state index in [0.29, 0.717) is 0 Å². The Labute approximate surface area is 143 Å². The van der Waals surface area contributed by atoms with E-state index in [0.717, 1.165) is 50.4 Å². The van der Waals surface area contributed by atoms with Gasteiger partial charge in [0.05, 0.1) is 0 Å². The first-order valence-electron chi connectivity index (χ1n) is 7.79. The summed E-state index contributed by atoms with van der Waals surface area (Å²) in [6.07, 6.45) is 2.80. The van der Waals surface area contributed by atoms with Crippen LogP contribution in [0.15, 0.2) is 54.7 Å². The van der Waals surface area contributed by atoms with Crippen LogP contribution in [0.3, 0.4) is 0 Å². The summed E-state index contributed by atoms with van der Waals surface area (Å²) >= 11 is 0. The summed E-state index contributed by atoms with van der Waals surface area (Å²) in [4.78, 5) is 21.1. The molecule has 1 aliphatic rings. The van der Waals surface area contributed by atoms with Crippen LogP contribution < -0.4 is 0 Å². The molecule has 4 nitrogen and oxygen atoms in total. The minimum Gasteiger partial charge on any atom is -0.336 e. The topological polar surface area (TPSA) is 36.4 Å². The molecule has 3 rings (SSSR count). The van der Waals surface area contributed by atoms with Gasteiger partial charge in [0.25, 0.3) is 5.91 Å². The summed E-state index contributed by atoms with van der Waals surface area (Å²) in [7, 11) is 0. The van der Waals surface area contributed by atoms with E-state index in [4.69, 9.17) is 0 Å². The molecule has 0 N–H and O–H groups in total. The Hall–Kier alpha value is -1.91. The van der Waals surface area contributed by atoms with Crippen LogP contribution in [0.2, 0.25) is 0 Å². The van der Waals surface area contributed by atoms with Gasteiger partial charge in [-0.25, -0.2) is 0 Å². The third kappa shape index (κ3) is 4.78. The van der Waals surface area contributed by atoms with Gasteiger partial charge >= 0.3 is 0 Å². The maximum atomic E-state index is 12.4. The van der Waals surface area contributed by atoms with Gasteiger partial charge in [0.1, 0.15) is 0 Å². The molecule has 0 spiro atoms. The lowest BCUT2D eigenvalue weighted by Crippen LogP contribution is -2.49. The smallest absolute Gasteiger partial charge is 0.253 e. The lowest BCUT2D eigenvalue weighted by atomic mass is 10.2. The molecule has 1 amide bonds. The van der Waals surface area contributed by atoms with Crippen molar-refractivity contribution in [3.05, 3.63) is 66.0 Å². The predicted octanol–water partition coefficient (Wildman–Crippen LogP) is 2.50. The summed E-state index contributed by atoms with van der Waals surface area (Å²) in [5, 5.41) is 0. The Kier molecular flexibility index (Phi) is 6.56. The van der Waals surface area contributed by atoms with Gasteiger partial charge in [-0.1, -0.05) is 24.3 Å². The quantitative estimate of drug-likeness (QED) is 0.863. The third-order valence-corrected chi connectivity index (χ3v) is 4.09. The van der Waals surface area contributed by atoms with Gasteiger partial charge in [-0.2, -0.15) is 0 Å². The minimum absolute atomic E-state index is 0. The van der Waals surface area contributed by atoms with Gasteiger partial charge in [0.15, 0.2) is 0 Å². The molecule has 0 radical (unpaired) electrons. The van der Waals surface area contributed by atoms with Gasteiger partial charge in [0.2, 0.25) is 0 Å². The molecular weight excluding hydrogens is 310 g/mol. The second-order valence-corrected chi connectivity index (χ2v) is 5.57. The maximum absolute atomic E-state index is 12.4. The van der Waals surface area contributed by atoms with Crippen molar-refractivity contribution >= 4 is 18.3 Å². The monoisotopic (exact) mass is 331 g/mol. The molecule has 23 heavy (non-hydrogen) atoms. The number of hydrogen-bond acceptors (Lipinski definition) is 3. The highest BCUT2D eigenvalue weighted by Crippen LogP contribution is 2.09. The van der Waals surface area contributed by atoms with Crippen molar-refractivity contribution in [3.8, 4) is 0 Å². The van der Waals surface area contributed by atoms with Crippen molar-refractivity contribution in [3.63, 3.8) is 0 Å².